The summed E-state index contributed by atoms with van der Waals surface area (Å²) >= 11 is 0. The summed E-state index contributed by atoms with van der Waals surface area (Å²) < 4.78 is 11.5. The predicted octanol–water partition coefficient (Wildman–Crippen LogP) is 2.83. The molecule has 1 aromatic rings. The molecule has 0 fully saturated rings. The number of aliphatic hydroxyl groups excluding tert-OH is 1. The molecule has 2 N–H and O–H groups in total. The molecular formula is C17H27NO3. The van der Waals surface area contributed by atoms with Crippen LogP contribution in [0.4, 0.5) is 0 Å². The van der Waals surface area contributed by atoms with E-state index in [1.54, 1.807) is 0 Å². The van der Waals surface area contributed by atoms with Gasteiger partial charge in [-0.2, -0.15) is 0 Å². The average Bonchev–Trinajstić information content (AvgIpc) is 2.73. The number of aliphatic hydroxyl groups is 1. The Hall–Kier alpha value is -1.26. The second-order valence-corrected chi connectivity index (χ2v) is 6.71. The van der Waals surface area contributed by atoms with E-state index in [2.05, 4.69) is 33.0 Å². The van der Waals surface area contributed by atoms with Crippen molar-refractivity contribution in [2.45, 2.75) is 58.8 Å². The minimum atomic E-state index is -0.615. The zero-order valence-electron chi connectivity index (χ0n) is 13.7. The van der Waals surface area contributed by atoms with Gasteiger partial charge in [-0.3, -0.25) is 0 Å². The van der Waals surface area contributed by atoms with Gasteiger partial charge in [0.05, 0.1) is 12.7 Å². The van der Waals surface area contributed by atoms with Crippen molar-refractivity contribution < 1.29 is 14.6 Å². The number of hydrogen-bond acceptors (Lipinski definition) is 4. The highest BCUT2D eigenvalue weighted by atomic mass is 16.5. The third-order valence-electron chi connectivity index (χ3n) is 3.51. The van der Waals surface area contributed by atoms with Crippen molar-refractivity contribution in [1.82, 2.24) is 5.32 Å². The standard InChI is InChI=1S/C17H27NO3/c1-6-20-16-8-12-7-11(2)21-15(12)9-13(16)14(19)10-18-17(3,4)5/h8-9,11,14,18-19H,6-7,10H2,1-5H3. The molecule has 0 aromatic heterocycles. The Kier molecular flexibility index (Phi) is 4.79. The molecule has 0 aliphatic carbocycles. The first-order valence-corrected chi connectivity index (χ1v) is 7.69. The van der Waals surface area contributed by atoms with Gasteiger partial charge in [-0.25, -0.2) is 0 Å². The van der Waals surface area contributed by atoms with Crippen LogP contribution in [0.15, 0.2) is 12.1 Å². The van der Waals surface area contributed by atoms with E-state index in [4.69, 9.17) is 9.47 Å². The Balaban J connectivity index is 2.22. The molecule has 21 heavy (non-hydrogen) atoms. The van der Waals surface area contributed by atoms with Crippen LogP contribution in [0.2, 0.25) is 0 Å². The summed E-state index contributed by atoms with van der Waals surface area (Å²) in [7, 11) is 0. The Morgan fingerprint density at radius 1 is 1.43 bits per heavy atom. The second-order valence-electron chi connectivity index (χ2n) is 6.71. The molecule has 0 saturated carbocycles. The van der Waals surface area contributed by atoms with Crippen LogP contribution in [-0.2, 0) is 6.42 Å². The van der Waals surface area contributed by atoms with E-state index >= 15 is 0 Å². The highest BCUT2D eigenvalue weighted by molar-refractivity contribution is 5.49. The Morgan fingerprint density at radius 2 is 2.14 bits per heavy atom. The van der Waals surface area contributed by atoms with Gasteiger partial charge >= 0.3 is 0 Å². The van der Waals surface area contributed by atoms with E-state index < -0.39 is 6.10 Å². The lowest BCUT2D eigenvalue weighted by Gasteiger charge is -2.24. The van der Waals surface area contributed by atoms with Gasteiger partial charge in [-0.15, -0.1) is 0 Å². The van der Waals surface area contributed by atoms with Crippen LogP contribution in [0.1, 0.15) is 51.8 Å². The number of benzene rings is 1. The van der Waals surface area contributed by atoms with Gasteiger partial charge in [-0.1, -0.05) is 0 Å². The lowest BCUT2D eigenvalue weighted by Crippen LogP contribution is -2.38. The lowest BCUT2D eigenvalue weighted by molar-refractivity contribution is 0.157. The fourth-order valence-electron chi connectivity index (χ4n) is 2.51. The van der Waals surface area contributed by atoms with E-state index in [-0.39, 0.29) is 11.6 Å². The maximum atomic E-state index is 10.5. The molecule has 1 heterocycles. The molecule has 0 amide bonds. The van der Waals surface area contributed by atoms with Crippen molar-refractivity contribution in [2.75, 3.05) is 13.2 Å². The van der Waals surface area contributed by atoms with Crippen LogP contribution in [0, 0.1) is 0 Å². The normalized spacial score (nSPS) is 19.0. The molecule has 2 atom stereocenters. The highest BCUT2D eigenvalue weighted by Gasteiger charge is 2.25. The van der Waals surface area contributed by atoms with Crippen molar-refractivity contribution in [3.05, 3.63) is 23.3 Å². The minimum absolute atomic E-state index is 0.0332. The molecule has 1 aliphatic heterocycles. The van der Waals surface area contributed by atoms with Crippen LogP contribution in [-0.4, -0.2) is 29.9 Å². The van der Waals surface area contributed by atoms with Crippen molar-refractivity contribution in [3.63, 3.8) is 0 Å². The maximum absolute atomic E-state index is 10.5. The molecule has 4 nitrogen and oxygen atoms in total. The van der Waals surface area contributed by atoms with Crippen LogP contribution in [0.25, 0.3) is 0 Å². The van der Waals surface area contributed by atoms with Crippen molar-refractivity contribution >= 4 is 0 Å². The van der Waals surface area contributed by atoms with Crippen LogP contribution in [0.3, 0.4) is 0 Å². The van der Waals surface area contributed by atoms with Gasteiger partial charge in [0.2, 0.25) is 0 Å². The molecule has 0 saturated heterocycles. The summed E-state index contributed by atoms with van der Waals surface area (Å²) in [5.74, 6) is 1.63. The number of nitrogens with one attached hydrogen (secondary N) is 1. The first-order chi connectivity index (χ1) is 9.80. The average molecular weight is 293 g/mol. The van der Waals surface area contributed by atoms with Gasteiger partial charge in [-0.05, 0) is 46.8 Å². The second kappa shape index (κ2) is 6.24. The number of fused-ring (bicyclic) bond motifs is 1. The molecule has 4 heteroatoms. The molecule has 2 rings (SSSR count). The van der Waals surface area contributed by atoms with Crippen LogP contribution < -0.4 is 14.8 Å². The lowest BCUT2D eigenvalue weighted by atomic mass is 10.0. The summed E-state index contributed by atoms with van der Waals surface area (Å²) in [4.78, 5) is 0. The topological polar surface area (TPSA) is 50.7 Å². The zero-order chi connectivity index (χ0) is 15.6. The summed E-state index contributed by atoms with van der Waals surface area (Å²) in [6.45, 7) is 11.3. The van der Waals surface area contributed by atoms with Crippen LogP contribution >= 0.6 is 0 Å². The van der Waals surface area contributed by atoms with Crippen molar-refractivity contribution in [2.24, 2.45) is 0 Å². The smallest absolute Gasteiger partial charge is 0.125 e. The monoisotopic (exact) mass is 293 g/mol. The maximum Gasteiger partial charge on any atom is 0.125 e. The van der Waals surface area contributed by atoms with E-state index in [1.807, 2.05) is 19.1 Å². The number of rotatable bonds is 5. The fraction of sp³-hybridized carbons (Fsp3) is 0.647. The largest absolute Gasteiger partial charge is 0.493 e. The van der Waals surface area contributed by atoms with Crippen LogP contribution in [0.5, 0.6) is 11.5 Å². The molecule has 1 aromatic carbocycles. The minimum Gasteiger partial charge on any atom is -0.493 e. The number of ether oxygens (including phenoxy) is 2. The first kappa shape index (κ1) is 16.1. The summed E-state index contributed by atoms with van der Waals surface area (Å²) in [6, 6.07) is 3.94. The fourth-order valence-corrected chi connectivity index (χ4v) is 2.51. The van der Waals surface area contributed by atoms with Crippen molar-refractivity contribution in [1.29, 1.82) is 0 Å². The summed E-state index contributed by atoms with van der Waals surface area (Å²) in [5, 5.41) is 13.8. The summed E-state index contributed by atoms with van der Waals surface area (Å²) in [6.07, 6.45) is 0.469. The molecule has 0 bridgehead atoms. The molecule has 1 aliphatic rings. The van der Waals surface area contributed by atoms with Gasteiger partial charge in [0.25, 0.3) is 0 Å². The third-order valence-corrected chi connectivity index (χ3v) is 3.51. The molecule has 0 radical (unpaired) electrons. The van der Waals surface area contributed by atoms with Gasteiger partial charge in [0.1, 0.15) is 17.6 Å². The SMILES string of the molecule is CCOc1cc2c(cc1C(O)CNC(C)(C)C)OC(C)C2. The first-order valence-electron chi connectivity index (χ1n) is 7.69. The van der Waals surface area contributed by atoms with E-state index in [0.29, 0.717) is 13.2 Å². The van der Waals surface area contributed by atoms with Gasteiger partial charge < -0.3 is 19.9 Å². The third kappa shape index (κ3) is 4.11. The van der Waals surface area contributed by atoms with Gasteiger partial charge in [0.15, 0.2) is 0 Å². The van der Waals surface area contributed by atoms with Gasteiger partial charge in [0, 0.05) is 29.6 Å². The number of hydrogen-bond donors (Lipinski definition) is 2. The molecular weight excluding hydrogens is 266 g/mol. The highest BCUT2D eigenvalue weighted by Crippen LogP contribution is 2.37. The quantitative estimate of drug-likeness (QED) is 0.876. The Morgan fingerprint density at radius 3 is 2.76 bits per heavy atom. The summed E-state index contributed by atoms with van der Waals surface area (Å²) in [5.41, 5.74) is 1.92. The van der Waals surface area contributed by atoms with E-state index in [9.17, 15) is 5.11 Å². The van der Waals surface area contributed by atoms with Crippen molar-refractivity contribution in [3.8, 4) is 11.5 Å². The predicted molar refractivity (Wildman–Crippen MR) is 84.1 cm³/mol. The molecule has 118 valence electrons. The molecule has 2 unspecified atom stereocenters. The Labute approximate surface area is 127 Å². The van der Waals surface area contributed by atoms with E-state index in [1.165, 1.54) is 0 Å². The number of β-amino-alcohol motifs (C(OH)–C–C–N with tert-alkyl or cyclic N) is 1. The van der Waals surface area contributed by atoms with E-state index in [0.717, 1.165) is 29.0 Å². The molecule has 0 spiro atoms. The zero-order valence-corrected chi connectivity index (χ0v) is 13.7. The Bertz CT molecular complexity index is 494.